The number of nitrogens with one attached hydrogen (secondary N) is 1. The number of morpholine rings is 1. The van der Waals surface area contributed by atoms with E-state index in [1.54, 1.807) is 12.1 Å². The predicted molar refractivity (Wildman–Crippen MR) is 130 cm³/mol. The SMILES string of the molecule is CCOc1ccc(C(CNC(=O)c2ccc(S(=O)(=O)c3ccc(C)cc3)o2)N2CCOCC2)cc1. The molecular formula is C26H30N2O6S. The van der Waals surface area contributed by atoms with Crippen molar-refractivity contribution in [2.75, 3.05) is 39.5 Å². The molecule has 0 aliphatic carbocycles. The second kappa shape index (κ2) is 11.1. The van der Waals surface area contributed by atoms with E-state index in [1.165, 1.54) is 24.3 Å². The largest absolute Gasteiger partial charge is 0.494 e. The minimum absolute atomic E-state index is 0.0527. The van der Waals surface area contributed by atoms with Gasteiger partial charge in [-0.1, -0.05) is 29.8 Å². The number of ether oxygens (including phenoxy) is 2. The average Bonchev–Trinajstić information content (AvgIpc) is 3.38. The van der Waals surface area contributed by atoms with Gasteiger partial charge in [-0.15, -0.1) is 0 Å². The van der Waals surface area contributed by atoms with E-state index in [0.29, 0.717) is 26.4 Å². The Hall–Kier alpha value is -3.14. The van der Waals surface area contributed by atoms with Crippen LogP contribution in [0.25, 0.3) is 0 Å². The van der Waals surface area contributed by atoms with Gasteiger partial charge in [-0.05, 0) is 55.8 Å². The first-order chi connectivity index (χ1) is 16.9. The fraction of sp³-hybridized carbons (Fsp3) is 0.346. The first-order valence-electron chi connectivity index (χ1n) is 11.6. The summed E-state index contributed by atoms with van der Waals surface area (Å²) in [5, 5.41) is 2.64. The van der Waals surface area contributed by atoms with Crippen LogP contribution in [0, 0.1) is 6.92 Å². The summed E-state index contributed by atoms with van der Waals surface area (Å²) in [4.78, 5) is 15.2. The Morgan fingerprint density at radius 3 is 2.37 bits per heavy atom. The Balaban J connectivity index is 1.47. The number of benzene rings is 2. The number of sulfone groups is 1. The molecule has 1 aliphatic heterocycles. The first kappa shape index (κ1) is 25.0. The van der Waals surface area contributed by atoms with Crippen LogP contribution in [0.15, 0.2) is 75.1 Å². The van der Waals surface area contributed by atoms with Gasteiger partial charge in [-0.3, -0.25) is 9.69 Å². The van der Waals surface area contributed by atoms with E-state index in [4.69, 9.17) is 13.9 Å². The molecular weight excluding hydrogens is 468 g/mol. The molecule has 3 aromatic rings. The lowest BCUT2D eigenvalue weighted by Crippen LogP contribution is -2.43. The van der Waals surface area contributed by atoms with Crippen molar-refractivity contribution in [2.45, 2.75) is 29.9 Å². The molecule has 1 atom stereocenters. The molecule has 8 nitrogen and oxygen atoms in total. The predicted octanol–water partition coefficient (Wildman–Crippen LogP) is 3.62. The molecule has 0 saturated carbocycles. The van der Waals surface area contributed by atoms with Gasteiger partial charge in [0, 0.05) is 19.6 Å². The monoisotopic (exact) mass is 498 g/mol. The third-order valence-electron chi connectivity index (χ3n) is 5.92. The van der Waals surface area contributed by atoms with Gasteiger partial charge in [0.15, 0.2) is 5.76 Å². The Bertz CT molecular complexity index is 1230. The fourth-order valence-corrected chi connectivity index (χ4v) is 5.17. The molecule has 1 aromatic heterocycles. The van der Waals surface area contributed by atoms with Gasteiger partial charge in [-0.25, -0.2) is 8.42 Å². The van der Waals surface area contributed by atoms with Gasteiger partial charge in [0.25, 0.3) is 5.91 Å². The number of nitrogens with zero attached hydrogens (tertiary/aromatic N) is 1. The smallest absolute Gasteiger partial charge is 0.287 e. The quantitative estimate of drug-likeness (QED) is 0.481. The van der Waals surface area contributed by atoms with Crippen molar-refractivity contribution in [3.05, 3.63) is 77.6 Å². The lowest BCUT2D eigenvalue weighted by Gasteiger charge is -2.35. The Morgan fingerprint density at radius 2 is 1.71 bits per heavy atom. The van der Waals surface area contributed by atoms with Crippen molar-refractivity contribution >= 4 is 15.7 Å². The molecule has 186 valence electrons. The molecule has 9 heteroatoms. The van der Waals surface area contributed by atoms with Gasteiger partial charge in [0.05, 0.1) is 30.8 Å². The summed E-state index contributed by atoms with van der Waals surface area (Å²) >= 11 is 0. The zero-order valence-corrected chi connectivity index (χ0v) is 20.7. The summed E-state index contributed by atoms with van der Waals surface area (Å²) < 4.78 is 42.2. The van der Waals surface area contributed by atoms with Crippen molar-refractivity contribution in [2.24, 2.45) is 0 Å². The summed E-state index contributed by atoms with van der Waals surface area (Å²) in [5.41, 5.74) is 1.99. The molecule has 1 fully saturated rings. The van der Waals surface area contributed by atoms with E-state index in [-0.39, 0.29) is 21.8 Å². The maximum absolute atomic E-state index is 12.9. The van der Waals surface area contributed by atoms with Crippen LogP contribution in [0.4, 0.5) is 0 Å². The number of amides is 1. The van der Waals surface area contributed by atoms with Gasteiger partial charge in [-0.2, -0.15) is 0 Å². The highest BCUT2D eigenvalue weighted by Gasteiger charge is 2.26. The molecule has 35 heavy (non-hydrogen) atoms. The topological polar surface area (TPSA) is 98.1 Å². The van der Waals surface area contributed by atoms with Crippen LogP contribution in [-0.2, 0) is 14.6 Å². The van der Waals surface area contributed by atoms with Crippen LogP contribution in [0.3, 0.4) is 0 Å². The van der Waals surface area contributed by atoms with Crippen LogP contribution in [-0.4, -0.2) is 58.7 Å². The minimum atomic E-state index is -3.85. The number of carbonyl (C=O) groups excluding carboxylic acids is 1. The van der Waals surface area contributed by atoms with Crippen LogP contribution in [0.2, 0.25) is 0 Å². The van der Waals surface area contributed by atoms with E-state index < -0.39 is 15.7 Å². The van der Waals surface area contributed by atoms with Crippen molar-refractivity contribution in [1.82, 2.24) is 10.2 Å². The zero-order valence-electron chi connectivity index (χ0n) is 19.9. The van der Waals surface area contributed by atoms with Gasteiger partial charge < -0.3 is 19.2 Å². The highest BCUT2D eigenvalue weighted by Crippen LogP contribution is 2.25. The van der Waals surface area contributed by atoms with Crippen molar-refractivity contribution < 1.29 is 27.1 Å². The van der Waals surface area contributed by atoms with Crippen molar-refractivity contribution in [3.63, 3.8) is 0 Å². The third kappa shape index (κ3) is 5.93. The number of aryl methyl sites for hydroxylation is 1. The second-order valence-electron chi connectivity index (χ2n) is 8.31. The number of carbonyl (C=O) groups is 1. The van der Waals surface area contributed by atoms with Crippen LogP contribution < -0.4 is 10.1 Å². The van der Waals surface area contributed by atoms with Crippen LogP contribution in [0.1, 0.15) is 34.6 Å². The molecule has 1 unspecified atom stereocenters. The summed E-state index contributed by atoms with van der Waals surface area (Å²) in [5.74, 6) is 0.265. The van der Waals surface area contributed by atoms with Crippen LogP contribution in [0.5, 0.6) is 5.75 Å². The van der Waals surface area contributed by atoms with Crippen molar-refractivity contribution in [1.29, 1.82) is 0 Å². The third-order valence-corrected chi connectivity index (χ3v) is 7.56. The number of rotatable bonds is 9. The molecule has 2 aromatic carbocycles. The molecule has 0 bridgehead atoms. The summed E-state index contributed by atoms with van der Waals surface area (Å²) in [6.45, 7) is 7.47. The Labute approximate surface area is 205 Å². The normalized spacial score (nSPS) is 15.5. The standard InChI is InChI=1S/C26H30N2O6S/c1-3-33-21-8-6-20(7-9-21)23(28-14-16-32-17-15-28)18-27-26(29)24-12-13-25(34-24)35(30,31)22-10-4-19(2)5-11-22/h4-13,23H,3,14-18H2,1-2H3,(H,27,29). The van der Waals surface area contributed by atoms with E-state index >= 15 is 0 Å². The molecule has 0 radical (unpaired) electrons. The van der Waals surface area contributed by atoms with Gasteiger partial charge in [0.1, 0.15) is 5.75 Å². The maximum atomic E-state index is 12.9. The lowest BCUT2D eigenvalue weighted by atomic mass is 10.0. The van der Waals surface area contributed by atoms with E-state index in [1.807, 2.05) is 38.1 Å². The Kier molecular flexibility index (Phi) is 7.90. The molecule has 4 rings (SSSR count). The van der Waals surface area contributed by atoms with Gasteiger partial charge in [0.2, 0.25) is 14.9 Å². The molecule has 0 spiro atoms. The average molecular weight is 499 g/mol. The molecule has 1 amide bonds. The summed E-state index contributed by atoms with van der Waals surface area (Å²) in [6.07, 6.45) is 0. The lowest BCUT2D eigenvalue weighted by molar-refractivity contribution is 0.0161. The maximum Gasteiger partial charge on any atom is 0.287 e. The summed E-state index contributed by atoms with van der Waals surface area (Å²) in [7, 11) is -3.85. The number of hydrogen-bond donors (Lipinski definition) is 1. The van der Waals surface area contributed by atoms with E-state index in [0.717, 1.165) is 30.0 Å². The van der Waals surface area contributed by atoms with Crippen molar-refractivity contribution in [3.8, 4) is 5.75 Å². The molecule has 1 saturated heterocycles. The molecule has 2 heterocycles. The number of furan rings is 1. The Morgan fingerprint density at radius 1 is 1.03 bits per heavy atom. The summed E-state index contributed by atoms with van der Waals surface area (Å²) in [6, 6.07) is 16.9. The second-order valence-corrected chi connectivity index (χ2v) is 10.2. The highest BCUT2D eigenvalue weighted by molar-refractivity contribution is 7.91. The zero-order chi connectivity index (χ0) is 24.8. The molecule has 1 aliphatic rings. The minimum Gasteiger partial charge on any atom is -0.494 e. The number of hydrogen-bond acceptors (Lipinski definition) is 7. The van der Waals surface area contributed by atoms with E-state index in [2.05, 4.69) is 10.2 Å². The van der Waals surface area contributed by atoms with Gasteiger partial charge >= 0.3 is 0 Å². The van der Waals surface area contributed by atoms with E-state index in [9.17, 15) is 13.2 Å². The van der Waals surface area contributed by atoms with Crippen LogP contribution >= 0.6 is 0 Å². The first-order valence-corrected chi connectivity index (χ1v) is 13.1. The fourth-order valence-electron chi connectivity index (χ4n) is 4.00. The molecule has 1 N–H and O–H groups in total. The highest BCUT2D eigenvalue weighted by atomic mass is 32.2.